The minimum Gasteiger partial charge on any atom is -0.378 e. The van der Waals surface area contributed by atoms with E-state index in [1.807, 2.05) is 19.0 Å². The number of fused-ring (bicyclic) bond motifs is 1. The molecule has 3 aromatic carbocycles. The second kappa shape index (κ2) is 8.83. The zero-order valence-electron chi connectivity index (χ0n) is 19.2. The van der Waals surface area contributed by atoms with E-state index in [2.05, 4.69) is 0 Å². The third kappa shape index (κ3) is 4.08. The molecule has 0 radical (unpaired) electrons. The van der Waals surface area contributed by atoms with Crippen molar-refractivity contribution in [2.45, 2.75) is 18.3 Å². The van der Waals surface area contributed by atoms with Crippen LogP contribution in [0.4, 0.5) is 30.2 Å². The molecule has 5 rings (SSSR count). The Hall–Kier alpha value is -3.56. The molecule has 10 heteroatoms. The van der Waals surface area contributed by atoms with Gasteiger partial charge < -0.3 is 4.90 Å². The van der Waals surface area contributed by atoms with Crippen LogP contribution in [0.2, 0.25) is 5.02 Å². The molecule has 2 fully saturated rings. The van der Waals surface area contributed by atoms with E-state index >= 15 is 0 Å². The van der Waals surface area contributed by atoms with Crippen LogP contribution in [0, 0.1) is 5.92 Å². The fourth-order valence-corrected chi connectivity index (χ4v) is 4.71. The number of carbonyl (C=O) groups excluding carboxylic acids is 2. The molecule has 0 saturated carbocycles. The van der Waals surface area contributed by atoms with Crippen LogP contribution >= 0.6 is 11.6 Å². The summed E-state index contributed by atoms with van der Waals surface area (Å²) in [7, 11) is 3.75. The molecular weight excluding hydrogens is 495 g/mol. The summed E-state index contributed by atoms with van der Waals surface area (Å²) in [5.74, 6) is -1.97. The van der Waals surface area contributed by atoms with Crippen molar-refractivity contribution < 1.29 is 27.6 Å². The van der Waals surface area contributed by atoms with Gasteiger partial charge in [-0.1, -0.05) is 23.7 Å². The third-order valence-corrected chi connectivity index (χ3v) is 6.65. The van der Waals surface area contributed by atoms with Gasteiger partial charge in [-0.15, -0.1) is 0 Å². The molecule has 0 N–H and O–H groups in total. The van der Waals surface area contributed by atoms with Crippen LogP contribution in [0.25, 0.3) is 0 Å². The first-order valence-electron chi connectivity index (χ1n) is 11.1. The number of amides is 2. The zero-order chi connectivity index (χ0) is 25.8. The molecule has 2 saturated heterocycles. The predicted molar refractivity (Wildman–Crippen MR) is 130 cm³/mol. The number of hydrogen-bond acceptors (Lipinski definition) is 5. The number of nitrogens with zero attached hydrogens (tertiary/aromatic N) is 3. The number of benzene rings is 3. The fourth-order valence-electron chi connectivity index (χ4n) is 4.59. The van der Waals surface area contributed by atoms with Gasteiger partial charge in [0.25, 0.3) is 5.91 Å². The van der Waals surface area contributed by atoms with Crippen LogP contribution in [0.5, 0.6) is 0 Å². The second-order valence-electron chi connectivity index (χ2n) is 8.84. The third-order valence-electron chi connectivity index (χ3n) is 6.40. The summed E-state index contributed by atoms with van der Waals surface area (Å²) >= 11 is 6.01. The summed E-state index contributed by atoms with van der Waals surface area (Å²) < 4.78 is 39.5. The number of rotatable bonds is 4. The Morgan fingerprint density at radius 2 is 1.42 bits per heavy atom. The lowest BCUT2D eigenvalue weighted by Crippen LogP contribution is -2.37. The van der Waals surface area contributed by atoms with Crippen LogP contribution in [-0.4, -0.2) is 32.0 Å². The summed E-state index contributed by atoms with van der Waals surface area (Å²) in [6, 6.07) is 17.2. The van der Waals surface area contributed by atoms with Gasteiger partial charge in [0.15, 0.2) is 6.10 Å². The highest BCUT2D eigenvalue weighted by atomic mass is 35.5. The normalized spacial score (nSPS) is 21.8. The minimum absolute atomic E-state index is 0.401. The van der Waals surface area contributed by atoms with Crippen molar-refractivity contribution in [2.24, 2.45) is 5.92 Å². The van der Waals surface area contributed by atoms with Crippen molar-refractivity contribution in [2.75, 3.05) is 29.0 Å². The molecule has 0 spiro atoms. The Morgan fingerprint density at radius 1 is 0.833 bits per heavy atom. The summed E-state index contributed by atoms with van der Waals surface area (Å²) in [5, 5.41) is 1.89. The number of imide groups is 1. The maximum atomic E-state index is 13.6. The van der Waals surface area contributed by atoms with Crippen LogP contribution < -0.4 is 14.9 Å². The maximum absolute atomic E-state index is 13.6. The van der Waals surface area contributed by atoms with Crippen molar-refractivity contribution in [3.05, 3.63) is 88.9 Å². The lowest BCUT2D eigenvalue weighted by atomic mass is 9.90. The Bertz CT molecular complexity index is 1300. The second-order valence-corrected chi connectivity index (χ2v) is 9.28. The first-order chi connectivity index (χ1) is 17.1. The largest absolute Gasteiger partial charge is 0.416 e. The highest BCUT2D eigenvalue weighted by Crippen LogP contribution is 2.48. The van der Waals surface area contributed by atoms with E-state index < -0.39 is 41.6 Å². The van der Waals surface area contributed by atoms with Crippen molar-refractivity contribution >= 4 is 40.5 Å². The molecule has 0 aromatic heterocycles. The summed E-state index contributed by atoms with van der Waals surface area (Å²) in [6.45, 7) is 0. The maximum Gasteiger partial charge on any atom is 0.416 e. The van der Waals surface area contributed by atoms with E-state index in [-0.39, 0.29) is 0 Å². The van der Waals surface area contributed by atoms with Crippen molar-refractivity contribution in [1.29, 1.82) is 0 Å². The van der Waals surface area contributed by atoms with Crippen molar-refractivity contribution in [1.82, 2.24) is 0 Å². The minimum atomic E-state index is -4.50. The van der Waals surface area contributed by atoms with Gasteiger partial charge in [0, 0.05) is 24.8 Å². The molecule has 36 heavy (non-hydrogen) atoms. The predicted octanol–water partition coefficient (Wildman–Crippen LogP) is 5.48. The van der Waals surface area contributed by atoms with E-state index in [4.69, 9.17) is 16.4 Å². The SMILES string of the molecule is CN(C)c1ccc(N2C(=O)[C@@H]3[C@@H](ON(c4ccc(Cl)cc4)[C@H]3c3ccc(C(F)(F)F)cc3)C2=O)cc1. The molecule has 2 aliphatic heterocycles. The van der Waals surface area contributed by atoms with Gasteiger partial charge in [0.1, 0.15) is 5.92 Å². The molecule has 186 valence electrons. The van der Waals surface area contributed by atoms with Crippen LogP contribution in [-0.2, 0) is 20.6 Å². The Balaban J connectivity index is 1.54. The summed E-state index contributed by atoms with van der Waals surface area (Å²) in [6.07, 6.45) is -5.63. The topological polar surface area (TPSA) is 53.1 Å². The van der Waals surface area contributed by atoms with Crippen molar-refractivity contribution in [3.8, 4) is 0 Å². The van der Waals surface area contributed by atoms with Crippen molar-refractivity contribution in [3.63, 3.8) is 0 Å². The number of anilines is 3. The average Bonchev–Trinajstić information content (AvgIpc) is 3.35. The number of halogens is 4. The van der Waals surface area contributed by atoms with E-state index in [1.165, 1.54) is 17.2 Å². The first kappa shape index (κ1) is 24.1. The van der Waals surface area contributed by atoms with Gasteiger partial charge in [0.2, 0.25) is 5.91 Å². The quantitative estimate of drug-likeness (QED) is 0.431. The van der Waals surface area contributed by atoms with Crippen LogP contribution in [0.3, 0.4) is 0 Å². The van der Waals surface area contributed by atoms with Gasteiger partial charge >= 0.3 is 6.18 Å². The zero-order valence-corrected chi connectivity index (χ0v) is 20.0. The molecule has 0 bridgehead atoms. The fraction of sp³-hybridized carbons (Fsp3) is 0.231. The highest BCUT2D eigenvalue weighted by Gasteiger charge is 2.60. The molecule has 0 aliphatic carbocycles. The molecule has 3 aromatic rings. The molecular formula is C26H21ClF3N3O3. The van der Waals surface area contributed by atoms with E-state index in [1.54, 1.807) is 48.5 Å². The van der Waals surface area contributed by atoms with E-state index in [0.29, 0.717) is 22.0 Å². The number of carbonyl (C=O) groups is 2. The smallest absolute Gasteiger partial charge is 0.378 e. The van der Waals surface area contributed by atoms with Gasteiger partial charge in [-0.25, -0.2) is 9.96 Å². The Morgan fingerprint density at radius 3 is 1.97 bits per heavy atom. The van der Waals surface area contributed by atoms with E-state index in [0.717, 1.165) is 22.7 Å². The lowest BCUT2D eigenvalue weighted by molar-refractivity contribution is -0.137. The van der Waals surface area contributed by atoms with Gasteiger partial charge in [-0.3, -0.25) is 14.4 Å². The number of hydroxylamine groups is 1. The number of hydrogen-bond donors (Lipinski definition) is 0. The number of alkyl halides is 3. The standard InChI is InChI=1S/C26H21ClF3N3O3/c1-31(2)18-11-13-19(14-12-18)32-24(34)21-22(15-3-5-16(6-4-15)26(28,29)30)33(36-23(21)25(32)35)20-9-7-17(27)8-10-20/h3-14,21-23H,1-2H3/t21-,22-,23+/m0/s1. The molecule has 2 amide bonds. The Labute approximate surface area is 210 Å². The van der Waals surface area contributed by atoms with Crippen LogP contribution in [0.15, 0.2) is 72.8 Å². The van der Waals surface area contributed by atoms with E-state index in [9.17, 15) is 22.8 Å². The van der Waals surface area contributed by atoms with Gasteiger partial charge in [0.05, 0.1) is 23.0 Å². The molecule has 6 nitrogen and oxygen atoms in total. The molecule has 3 atom stereocenters. The molecule has 0 unspecified atom stereocenters. The Kier molecular flexibility index (Phi) is 5.92. The van der Waals surface area contributed by atoms with Gasteiger partial charge in [-0.2, -0.15) is 13.2 Å². The van der Waals surface area contributed by atoms with Gasteiger partial charge in [-0.05, 0) is 66.2 Å². The summed E-state index contributed by atoms with van der Waals surface area (Å²) in [4.78, 5) is 36.0. The molecule has 2 heterocycles. The first-order valence-corrected chi connectivity index (χ1v) is 11.5. The van der Waals surface area contributed by atoms with Crippen LogP contribution in [0.1, 0.15) is 17.2 Å². The average molecular weight is 516 g/mol. The summed E-state index contributed by atoms with van der Waals surface area (Å²) in [5.41, 5.74) is 1.41. The monoisotopic (exact) mass is 515 g/mol. The lowest BCUT2D eigenvalue weighted by Gasteiger charge is -2.29. The molecule has 2 aliphatic rings. The highest BCUT2D eigenvalue weighted by molar-refractivity contribution is 6.30.